The van der Waals surface area contributed by atoms with Crippen LogP contribution in [-0.4, -0.2) is 21.7 Å². The summed E-state index contributed by atoms with van der Waals surface area (Å²) in [7, 11) is 1.90. The topological polar surface area (TPSA) is 59.0 Å². The number of carbonyl (C=O) groups is 1. The molecule has 0 unspecified atom stereocenters. The molecule has 0 saturated carbocycles. The monoisotopic (exact) mass is 270 g/mol. The Bertz CT molecular complexity index is 622. The van der Waals surface area contributed by atoms with Crippen molar-refractivity contribution in [2.45, 2.75) is 25.9 Å². The summed E-state index contributed by atoms with van der Waals surface area (Å²) in [5.41, 5.74) is 4.39. The fourth-order valence-electron chi connectivity index (χ4n) is 2.48. The van der Waals surface area contributed by atoms with Gasteiger partial charge in [0.2, 0.25) is 5.91 Å². The zero-order valence-corrected chi connectivity index (χ0v) is 11.7. The quantitative estimate of drug-likeness (QED) is 0.886. The second-order valence-corrected chi connectivity index (χ2v) is 5.15. The highest BCUT2D eigenvalue weighted by atomic mass is 16.2. The third-order valence-electron chi connectivity index (χ3n) is 3.88. The van der Waals surface area contributed by atoms with Crippen molar-refractivity contribution in [1.29, 1.82) is 0 Å². The van der Waals surface area contributed by atoms with Gasteiger partial charge in [-0.25, -0.2) is 0 Å². The molecule has 5 nitrogen and oxygen atoms in total. The van der Waals surface area contributed by atoms with Crippen LogP contribution in [0.25, 0.3) is 0 Å². The minimum absolute atomic E-state index is 0.0319. The van der Waals surface area contributed by atoms with Crippen LogP contribution in [0.2, 0.25) is 0 Å². The maximum atomic E-state index is 12.2. The summed E-state index contributed by atoms with van der Waals surface area (Å²) in [6.45, 7) is 2.52. The van der Waals surface area contributed by atoms with E-state index >= 15 is 0 Å². The lowest BCUT2D eigenvalue weighted by Gasteiger charge is -2.11. The molecule has 104 valence electrons. The van der Waals surface area contributed by atoms with Crippen LogP contribution in [0.15, 0.2) is 30.5 Å². The van der Waals surface area contributed by atoms with Gasteiger partial charge < -0.3 is 10.6 Å². The van der Waals surface area contributed by atoms with Crippen molar-refractivity contribution in [3.05, 3.63) is 47.3 Å². The molecule has 1 aromatic heterocycles. The summed E-state index contributed by atoms with van der Waals surface area (Å²) in [6.07, 6.45) is 2.54. The molecule has 0 fully saturated rings. The van der Waals surface area contributed by atoms with Crippen molar-refractivity contribution in [2.24, 2.45) is 7.05 Å². The molecule has 1 atom stereocenters. The molecule has 3 rings (SSSR count). The van der Waals surface area contributed by atoms with Crippen LogP contribution in [0.5, 0.6) is 0 Å². The number of rotatable bonds is 3. The van der Waals surface area contributed by atoms with Gasteiger partial charge in [-0.3, -0.25) is 9.48 Å². The molecule has 5 heteroatoms. The number of fused-ring (bicyclic) bond motifs is 1. The van der Waals surface area contributed by atoms with Gasteiger partial charge in [-0.05, 0) is 18.6 Å². The smallest absolute Gasteiger partial charge is 0.243 e. The van der Waals surface area contributed by atoms with Gasteiger partial charge in [-0.1, -0.05) is 18.2 Å². The fourth-order valence-corrected chi connectivity index (χ4v) is 2.48. The van der Waals surface area contributed by atoms with E-state index in [1.54, 1.807) is 6.20 Å². The van der Waals surface area contributed by atoms with Gasteiger partial charge in [-0.2, -0.15) is 5.10 Å². The van der Waals surface area contributed by atoms with E-state index in [9.17, 15) is 4.79 Å². The number of carbonyl (C=O) groups excluding carboxylic acids is 1. The Morgan fingerprint density at radius 1 is 1.50 bits per heavy atom. The first kappa shape index (κ1) is 12.7. The van der Waals surface area contributed by atoms with E-state index in [2.05, 4.69) is 21.8 Å². The van der Waals surface area contributed by atoms with Crippen LogP contribution in [0.4, 0.5) is 5.69 Å². The number of nitrogens with one attached hydrogen (secondary N) is 2. The molecular weight excluding hydrogens is 252 g/mol. The Morgan fingerprint density at radius 2 is 2.30 bits per heavy atom. The SMILES string of the molecule is Cc1c(CNC(=O)[C@@H]2Cc3ccccc3N2)cnn1C. The summed E-state index contributed by atoms with van der Waals surface area (Å²) in [6, 6.07) is 7.86. The van der Waals surface area contributed by atoms with Crippen molar-refractivity contribution in [2.75, 3.05) is 5.32 Å². The number of benzene rings is 1. The highest BCUT2D eigenvalue weighted by Crippen LogP contribution is 2.25. The predicted molar refractivity (Wildman–Crippen MR) is 77.3 cm³/mol. The number of anilines is 1. The number of aromatic nitrogens is 2. The number of hydrogen-bond acceptors (Lipinski definition) is 3. The number of hydrogen-bond donors (Lipinski definition) is 2. The zero-order chi connectivity index (χ0) is 14.1. The molecule has 0 spiro atoms. The van der Waals surface area contributed by atoms with Gasteiger partial charge in [0.25, 0.3) is 0 Å². The van der Waals surface area contributed by atoms with Crippen LogP contribution in [0.1, 0.15) is 16.8 Å². The van der Waals surface area contributed by atoms with Crippen LogP contribution in [0, 0.1) is 6.92 Å². The Balaban J connectivity index is 1.60. The van der Waals surface area contributed by atoms with E-state index in [1.807, 2.05) is 36.9 Å². The van der Waals surface area contributed by atoms with E-state index in [0.717, 1.165) is 23.4 Å². The van der Waals surface area contributed by atoms with Crippen LogP contribution in [0.3, 0.4) is 0 Å². The first-order valence-corrected chi connectivity index (χ1v) is 6.75. The molecule has 0 saturated heterocycles. The molecule has 2 aromatic rings. The van der Waals surface area contributed by atoms with E-state index in [1.165, 1.54) is 5.56 Å². The molecule has 2 N–H and O–H groups in total. The average Bonchev–Trinajstić information content (AvgIpc) is 3.02. The first-order chi connectivity index (χ1) is 9.65. The summed E-state index contributed by atoms with van der Waals surface area (Å²) in [5.74, 6) is 0.0319. The molecule has 1 amide bonds. The minimum Gasteiger partial charge on any atom is -0.373 e. The van der Waals surface area contributed by atoms with Crippen molar-refractivity contribution in [3.8, 4) is 0 Å². The van der Waals surface area contributed by atoms with Crippen LogP contribution in [-0.2, 0) is 24.8 Å². The summed E-state index contributed by atoms with van der Waals surface area (Å²) in [5, 5.41) is 10.4. The highest BCUT2D eigenvalue weighted by molar-refractivity contribution is 5.87. The standard InChI is InChI=1S/C15H18N4O/c1-10-12(9-17-19(10)2)8-16-15(20)14-7-11-5-3-4-6-13(11)18-14/h3-6,9,14,18H,7-8H2,1-2H3,(H,16,20)/t14-/m0/s1. The molecule has 1 aliphatic heterocycles. The maximum Gasteiger partial charge on any atom is 0.243 e. The molecule has 20 heavy (non-hydrogen) atoms. The molecule has 1 aliphatic rings. The Morgan fingerprint density at radius 3 is 3.00 bits per heavy atom. The van der Waals surface area contributed by atoms with Gasteiger partial charge in [0.05, 0.1) is 6.20 Å². The van der Waals surface area contributed by atoms with E-state index < -0.39 is 0 Å². The Labute approximate surface area is 118 Å². The highest BCUT2D eigenvalue weighted by Gasteiger charge is 2.26. The van der Waals surface area contributed by atoms with Crippen molar-refractivity contribution < 1.29 is 4.79 Å². The summed E-state index contributed by atoms with van der Waals surface area (Å²) in [4.78, 5) is 12.2. The Hall–Kier alpha value is -2.30. The second-order valence-electron chi connectivity index (χ2n) is 5.15. The third kappa shape index (κ3) is 2.27. The number of aryl methyl sites for hydroxylation is 1. The lowest BCUT2D eigenvalue weighted by atomic mass is 10.1. The predicted octanol–water partition coefficient (Wildman–Crippen LogP) is 1.38. The van der Waals surface area contributed by atoms with Crippen molar-refractivity contribution in [1.82, 2.24) is 15.1 Å². The number of para-hydroxylation sites is 1. The molecule has 2 heterocycles. The van der Waals surface area contributed by atoms with E-state index in [-0.39, 0.29) is 11.9 Å². The van der Waals surface area contributed by atoms with Gasteiger partial charge in [0.15, 0.2) is 0 Å². The summed E-state index contributed by atoms with van der Waals surface area (Å²) < 4.78 is 1.81. The van der Waals surface area contributed by atoms with Gasteiger partial charge >= 0.3 is 0 Å². The lowest BCUT2D eigenvalue weighted by molar-refractivity contribution is -0.121. The van der Waals surface area contributed by atoms with Crippen molar-refractivity contribution in [3.63, 3.8) is 0 Å². The lowest BCUT2D eigenvalue weighted by Crippen LogP contribution is -2.38. The van der Waals surface area contributed by atoms with Crippen LogP contribution >= 0.6 is 0 Å². The number of amides is 1. The summed E-state index contributed by atoms with van der Waals surface area (Å²) >= 11 is 0. The van der Waals surface area contributed by atoms with E-state index in [4.69, 9.17) is 0 Å². The normalized spacial score (nSPS) is 16.6. The minimum atomic E-state index is -0.177. The van der Waals surface area contributed by atoms with Gasteiger partial charge in [0, 0.05) is 37.0 Å². The van der Waals surface area contributed by atoms with Crippen molar-refractivity contribution >= 4 is 11.6 Å². The molecular formula is C15H18N4O. The Kier molecular flexibility index (Phi) is 3.18. The van der Waals surface area contributed by atoms with Gasteiger partial charge in [0.1, 0.15) is 6.04 Å². The largest absolute Gasteiger partial charge is 0.373 e. The molecule has 0 bridgehead atoms. The first-order valence-electron chi connectivity index (χ1n) is 6.75. The third-order valence-corrected chi connectivity index (χ3v) is 3.88. The second kappa shape index (κ2) is 5.00. The van der Waals surface area contributed by atoms with E-state index in [0.29, 0.717) is 6.54 Å². The molecule has 1 aromatic carbocycles. The zero-order valence-electron chi connectivity index (χ0n) is 11.7. The molecule has 0 radical (unpaired) electrons. The fraction of sp³-hybridized carbons (Fsp3) is 0.333. The molecule has 0 aliphatic carbocycles. The average molecular weight is 270 g/mol. The van der Waals surface area contributed by atoms with Crippen LogP contribution < -0.4 is 10.6 Å². The van der Waals surface area contributed by atoms with Gasteiger partial charge in [-0.15, -0.1) is 0 Å². The maximum absolute atomic E-state index is 12.2. The number of nitrogens with zero attached hydrogens (tertiary/aromatic N) is 2.